The zero-order chi connectivity index (χ0) is 17.2. The molecule has 1 aromatic rings. The highest BCUT2D eigenvalue weighted by Crippen LogP contribution is 2.32. The summed E-state index contributed by atoms with van der Waals surface area (Å²) in [6, 6.07) is 5.08. The second-order valence-electron chi connectivity index (χ2n) is 5.11. The van der Waals surface area contributed by atoms with Gasteiger partial charge in [-0.15, -0.1) is 0 Å². The van der Waals surface area contributed by atoms with Gasteiger partial charge in [0.25, 0.3) is 9.70 Å². The fourth-order valence-electron chi connectivity index (χ4n) is 2.31. The minimum Gasteiger partial charge on any atom is -0.367 e. The normalized spacial score (nSPS) is 15.5. The first kappa shape index (κ1) is 18.5. The summed E-state index contributed by atoms with van der Waals surface area (Å²) in [5.41, 5.74) is 1.28. The Balaban J connectivity index is 2.06. The van der Waals surface area contributed by atoms with Crippen LogP contribution in [0.4, 0.5) is 11.4 Å². The topological polar surface area (TPSA) is 52.7 Å². The Morgan fingerprint density at radius 2 is 1.74 bits per heavy atom. The van der Waals surface area contributed by atoms with Crippen molar-refractivity contribution in [3.05, 3.63) is 23.2 Å². The van der Waals surface area contributed by atoms with Gasteiger partial charge in [0, 0.05) is 38.8 Å². The number of benzene rings is 1. The minimum atomic E-state index is -2.03. The lowest BCUT2D eigenvalue weighted by molar-refractivity contribution is -0.129. The van der Waals surface area contributed by atoms with Crippen LogP contribution >= 0.6 is 46.4 Å². The van der Waals surface area contributed by atoms with E-state index >= 15 is 0 Å². The summed E-state index contributed by atoms with van der Waals surface area (Å²) in [6.45, 7) is 4.25. The van der Waals surface area contributed by atoms with Gasteiger partial charge in [-0.1, -0.05) is 46.4 Å². The molecule has 5 nitrogen and oxygen atoms in total. The predicted octanol–water partition coefficient (Wildman–Crippen LogP) is 3.32. The average Bonchev–Trinajstić information content (AvgIpc) is 2.46. The van der Waals surface area contributed by atoms with Crippen LogP contribution in [0.25, 0.3) is 0 Å². The van der Waals surface area contributed by atoms with Gasteiger partial charge in [0.1, 0.15) is 0 Å². The quantitative estimate of drug-likeness (QED) is 0.777. The maximum atomic E-state index is 11.6. The number of carbonyl (C=O) groups excluding carboxylic acids is 2. The van der Waals surface area contributed by atoms with Gasteiger partial charge in [0.05, 0.1) is 10.7 Å². The fourth-order valence-corrected chi connectivity index (χ4v) is 2.75. The lowest BCUT2D eigenvalue weighted by Gasteiger charge is -2.36. The molecule has 1 aliphatic rings. The molecule has 126 valence electrons. The molecule has 0 bridgehead atoms. The second kappa shape index (κ2) is 7.34. The van der Waals surface area contributed by atoms with Crippen LogP contribution in [0.15, 0.2) is 18.2 Å². The first-order valence-electron chi connectivity index (χ1n) is 6.86. The van der Waals surface area contributed by atoms with Gasteiger partial charge in [0.2, 0.25) is 5.91 Å². The number of halogens is 4. The number of piperazine rings is 1. The number of carbonyl (C=O) groups is 2. The zero-order valence-electron chi connectivity index (χ0n) is 12.3. The van der Waals surface area contributed by atoms with Gasteiger partial charge in [-0.2, -0.15) is 0 Å². The third-order valence-corrected chi connectivity index (χ3v) is 4.35. The Hall–Kier alpha value is -0.880. The smallest absolute Gasteiger partial charge is 0.276 e. The molecule has 0 aromatic heterocycles. The highest BCUT2D eigenvalue weighted by Gasteiger charge is 2.30. The summed E-state index contributed by atoms with van der Waals surface area (Å²) in [5, 5.41) is 2.96. The highest BCUT2D eigenvalue weighted by atomic mass is 35.6. The van der Waals surface area contributed by atoms with Gasteiger partial charge >= 0.3 is 0 Å². The van der Waals surface area contributed by atoms with Crippen molar-refractivity contribution in [2.75, 3.05) is 36.4 Å². The lowest BCUT2D eigenvalue weighted by Crippen LogP contribution is -2.48. The van der Waals surface area contributed by atoms with Crippen LogP contribution in [0.1, 0.15) is 6.92 Å². The van der Waals surface area contributed by atoms with Crippen LogP contribution in [0.2, 0.25) is 5.02 Å². The Kier molecular flexibility index (Phi) is 5.89. The van der Waals surface area contributed by atoms with E-state index in [9.17, 15) is 9.59 Å². The summed E-state index contributed by atoms with van der Waals surface area (Å²) >= 11 is 22.8. The monoisotopic (exact) mass is 397 g/mol. The van der Waals surface area contributed by atoms with Crippen molar-refractivity contribution in [1.82, 2.24) is 4.90 Å². The van der Waals surface area contributed by atoms with Crippen molar-refractivity contribution in [2.24, 2.45) is 0 Å². The molecule has 1 saturated heterocycles. The van der Waals surface area contributed by atoms with E-state index < -0.39 is 9.70 Å². The molecule has 0 saturated carbocycles. The van der Waals surface area contributed by atoms with Crippen LogP contribution in [-0.2, 0) is 9.59 Å². The molecule has 1 N–H and O–H groups in total. The van der Waals surface area contributed by atoms with Crippen LogP contribution in [0.3, 0.4) is 0 Å². The van der Waals surface area contributed by atoms with E-state index in [1.54, 1.807) is 30.0 Å². The summed E-state index contributed by atoms with van der Waals surface area (Å²) < 4.78 is -2.03. The van der Waals surface area contributed by atoms with Crippen LogP contribution in [0, 0.1) is 0 Å². The number of alkyl halides is 3. The number of nitrogens with one attached hydrogen (secondary N) is 1. The van der Waals surface area contributed by atoms with Gasteiger partial charge in [0.15, 0.2) is 0 Å². The van der Waals surface area contributed by atoms with Gasteiger partial charge in [-0.3, -0.25) is 9.59 Å². The molecule has 0 radical (unpaired) electrons. The van der Waals surface area contributed by atoms with Crippen molar-refractivity contribution in [3.8, 4) is 0 Å². The standard InChI is InChI=1S/C14H15Cl4N3O2/c1-9(22)20-4-6-21(7-5-20)12-3-2-10(8-11(12)15)19-13(23)14(16,17)18/h2-3,8H,4-7H2,1H3,(H,19,23). The van der Waals surface area contributed by atoms with E-state index in [0.29, 0.717) is 36.9 Å². The molecule has 2 amide bonds. The van der Waals surface area contributed by atoms with E-state index in [4.69, 9.17) is 46.4 Å². The number of anilines is 2. The fraction of sp³-hybridized carbons (Fsp3) is 0.429. The van der Waals surface area contributed by atoms with E-state index in [1.165, 1.54) is 0 Å². The van der Waals surface area contributed by atoms with E-state index in [-0.39, 0.29) is 5.91 Å². The molecule has 0 unspecified atom stereocenters. The summed E-state index contributed by atoms with van der Waals surface area (Å²) in [5.74, 6) is -0.679. The molecule has 0 atom stereocenters. The van der Waals surface area contributed by atoms with Crippen molar-refractivity contribution < 1.29 is 9.59 Å². The molecule has 9 heteroatoms. The Morgan fingerprint density at radius 3 is 2.22 bits per heavy atom. The SMILES string of the molecule is CC(=O)N1CCN(c2ccc(NC(=O)C(Cl)(Cl)Cl)cc2Cl)CC1. The average molecular weight is 399 g/mol. The third kappa shape index (κ3) is 4.80. The number of hydrogen-bond acceptors (Lipinski definition) is 3. The van der Waals surface area contributed by atoms with Gasteiger partial charge in [-0.25, -0.2) is 0 Å². The van der Waals surface area contributed by atoms with E-state index in [2.05, 4.69) is 10.2 Å². The van der Waals surface area contributed by atoms with Crippen LogP contribution in [-0.4, -0.2) is 46.7 Å². The maximum Gasteiger partial charge on any atom is 0.276 e. The molecule has 23 heavy (non-hydrogen) atoms. The number of rotatable bonds is 2. The lowest BCUT2D eigenvalue weighted by atomic mass is 10.2. The summed E-state index contributed by atoms with van der Waals surface area (Å²) in [7, 11) is 0. The maximum absolute atomic E-state index is 11.6. The minimum absolute atomic E-state index is 0.0699. The van der Waals surface area contributed by atoms with Crippen LogP contribution < -0.4 is 10.2 Å². The van der Waals surface area contributed by atoms with Crippen molar-refractivity contribution in [3.63, 3.8) is 0 Å². The first-order chi connectivity index (χ1) is 10.7. The first-order valence-corrected chi connectivity index (χ1v) is 8.38. The molecule has 1 heterocycles. The van der Waals surface area contributed by atoms with Gasteiger partial charge < -0.3 is 15.1 Å². The molecule has 1 aromatic carbocycles. The predicted molar refractivity (Wildman–Crippen MR) is 94.8 cm³/mol. The molecule has 1 aliphatic heterocycles. The summed E-state index contributed by atoms with van der Waals surface area (Å²) in [6.07, 6.45) is 0. The van der Waals surface area contributed by atoms with E-state index in [1.807, 2.05) is 0 Å². The largest absolute Gasteiger partial charge is 0.367 e. The molecular weight excluding hydrogens is 384 g/mol. The van der Waals surface area contributed by atoms with Crippen LogP contribution in [0.5, 0.6) is 0 Å². The number of hydrogen-bond donors (Lipinski definition) is 1. The molecule has 0 aliphatic carbocycles. The Bertz CT molecular complexity index is 611. The zero-order valence-corrected chi connectivity index (χ0v) is 15.3. The molecule has 2 rings (SSSR count). The number of amides is 2. The molecule has 1 fully saturated rings. The molecule has 0 spiro atoms. The molecular formula is C14H15Cl4N3O2. The second-order valence-corrected chi connectivity index (χ2v) is 7.80. The highest BCUT2D eigenvalue weighted by molar-refractivity contribution is 6.76. The van der Waals surface area contributed by atoms with Crippen molar-refractivity contribution in [2.45, 2.75) is 10.7 Å². The summed E-state index contributed by atoms with van der Waals surface area (Å²) in [4.78, 5) is 26.9. The van der Waals surface area contributed by atoms with E-state index in [0.717, 1.165) is 5.69 Å². The van der Waals surface area contributed by atoms with Crippen molar-refractivity contribution >= 4 is 69.6 Å². The van der Waals surface area contributed by atoms with Crippen molar-refractivity contribution in [1.29, 1.82) is 0 Å². The van der Waals surface area contributed by atoms with Gasteiger partial charge in [-0.05, 0) is 18.2 Å². The third-order valence-electron chi connectivity index (χ3n) is 3.53. The Morgan fingerprint density at radius 1 is 1.13 bits per heavy atom. The Labute approximate surface area is 154 Å². The number of nitrogens with zero attached hydrogens (tertiary/aromatic N) is 2.